The summed E-state index contributed by atoms with van der Waals surface area (Å²) in [5, 5.41) is 5.50. The molecule has 1 unspecified atom stereocenters. The highest BCUT2D eigenvalue weighted by atomic mass is 16.3. The van der Waals surface area contributed by atoms with Crippen LogP contribution < -0.4 is 10.6 Å². The van der Waals surface area contributed by atoms with Crippen LogP contribution in [0.25, 0.3) is 0 Å². The monoisotopic (exact) mass is 362 g/mol. The predicted molar refractivity (Wildman–Crippen MR) is 105 cm³/mol. The molecular weight excluding hydrogens is 340 g/mol. The van der Waals surface area contributed by atoms with E-state index in [-0.39, 0.29) is 11.8 Å². The Morgan fingerprint density at radius 1 is 1.00 bits per heavy atom. The molecule has 3 aromatic rings. The van der Waals surface area contributed by atoms with Crippen molar-refractivity contribution >= 4 is 17.5 Å². The Morgan fingerprint density at radius 3 is 2.41 bits per heavy atom. The van der Waals surface area contributed by atoms with Gasteiger partial charge in [-0.05, 0) is 36.8 Å². The van der Waals surface area contributed by atoms with Crippen molar-refractivity contribution in [3.63, 3.8) is 0 Å². The Balaban J connectivity index is 1.89. The molecule has 0 aliphatic rings. The summed E-state index contributed by atoms with van der Waals surface area (Å²) in [5.41, 5.74) is 2.93. The lowest BCUT2D eigenvalue weighted by Crippen LogP contribution is -2.25. The summed E-state index contributed by atoms with van der Waals surface area (Å²) in [6.45, 7) is 2.00. The summed E-state index contributed by atoms with van der Waals surface area (Å²) in [7, 11) is 1.56. The van der Waals surface area contributed by atoms with Crippen LogP contribution in [0.3, 0.4) is 0 Å². The van der Waals surface area contributed by atoms with Gasteiger partial charge in [0.2, 0.25) is 5.91 Å². The van der Waals surface area contributed by atoms with E-state index in [9.17, 15) is 9.59 Å². The fraction of sp³-hybridized carbons (Fsp3) is 0.182. The molecule has 5 nitrogen and oxygen atoms in total. The van der Waals surface area contributed by atoms with Crippen molar-refractivity contribution in [3.05, 3.63) is 89.4 Å². The zero-order chi connectivity index (χ0) is 19.2. The quantitative estimate of drug-likeness (QED) is 0.698. The van der Waals surface area contributed by atoms with Crippen LogP contribution in [0.15, 0.2) is 71.3 Å². The van der Waals surface area contributed by atoms with Gasteiger partial charge in [0.25, 0.3) is 5.91 Å². The summed E-state index contributed by atoms with van der Waals surface area (Å²) < 4.78 is 5.44. The third-order valence-electron chi connectivity index (χ3n) is 4.44. The zero-order valence-electron chi connectivity index (χ0n) is 15.4. The Labute approximate surface area is 158 Å². The van der Waals surface area contributed by atoms with Crippen LogP contribution in [-0.4, -0.2) is 18.9 Å². The lowest BCUT2D eigenvalue weighted by atomic mass is 9.92. The SMILES string of the molecule is CNC(=O)c1ccccc1NC(=O)C(Cc1ccco1)c1ccc(C)cc1. The van der Waals surface area contributed by atoms with E-state index < -0.39 is 5.92 Å². The number of rotatable bonds is 6. The molecule has 3 rings (SSSR count). The second-order valence-electron chi connectivity index (χ2n) is 6.36. The first kappa shape index (κ1) is 18.5. The zero-order valence-corrected chi connectivity index (χ0v) is 15.4. The van der Waals surface area contributed by atoms with Gasteiger partial charge >= 0.3 is 0 Å². The van der Waals surface area contributed by atoms with E-state index in [0.29, 0.717) is 17.7 Å². The van der Waals surface area contributed by atoms with Gasteiger partial charge in [-0.3, -0.25) is 9.59 Å². The molecule has 1 heterocycles. The summed E-state index contributed by atoms with van der Waals surface area (Å²) in [4.78, 5) is 25.2. The van der Waals surface area contributed by atoms with E-state index in [1.54, 1.807) is 43.6 Å². The fourth-order valence-electron chi connectivity index (χ4n) is 2.94. The largest absolute Gasteiger partial charge is 0.469 e. The number of furan rings is 1. The lowest BCUT2D eigenvalue weighted by molar-refractivity contribution is -0.117. The number of amides is 2. The van der Waals surface area contributed by atoms with E-state index in [2.05, 4.69) is 10.6 Å². The van der Waals surface area contributed by atoms with Crippen LogP contribution in [0.5, 0.6) is 0 Å². The Bertz CT molecular complexity index is 915. The van der Waals surface area contributed by atoms with Crippen molar-refractivity contribution in [2.75, 3.05) is 12.4 Å². The van der Waals surface area contributed by atoms with Crippen LogP contribution in [0, 0.1) is 6.92 Å². The standard InChI is InChI=1S/C22H22N2O3/c1-15-9-11-16(12-10-15)19(14-17-6-5-13-27-17)22(26)24-20-8-4-3-7-18(20)21(25)23-2/h3-13,19H,14H2,1-2H3,(H,23,25)(H,24,26). The van der Waals surface area contributed by atoms with Crippen molar-refractivity contribution in [3.8, 4) is 0 Å². The molecular formula is C22H22N2O3. The molecule has 0 saturated heterocycles. The van der Waals surface area contributed by atoms with Gasteiger partial charge in [-0.1, -0.05) is 42.0 Å². The van der Waals surface area contributed by atoms with E-state index in [1.165, 1.54) is 0 Å². The van der Waals surface area contributed by atoms with Gasteiger partial charge < -0.3 is 15.1 Å². The van der Waals surface area contributed by atoms with E-state index in [0.717, 1.165) is 16.9 Å². The molecule has 138 valence electrons. The van der Waals surface area contributed by atoms with Crippen molar-refractivity contribution < 1.29 is 14.0 Å². The average molecular weight is 362 g/mol. The minimum atomic E-state index is -0.436. The molecule has 0 spiro atoms. The highest BCUT2D eigenvalue weighted by molar-refractivity contribution is 6.05. The number of benzene rings is 2. The summed E-state index contributed by atoms with van der Waals surface area (Å²) >= 11 is 0. The van der Waals surface area contributed by atoms with Gasteiger partial charge in [0.05, 0.1) is 23.4 Å². The van der Waals surface area contributed by atoms with Crippen molar-refractivity contribution in [1.82, 2.24) is 5.32 Å². The Hall–Kier alpha value is -3.34. The molecule has 2 aromatic carbocycles. The number of anilines is 1. The van der Waals surface area contributed by atoms with Gasteiger partial charge in [0.1, 0.15) is 5.76 Å². The van der Waals surface area contributed by atoms with Crippen LogP contribution in [0.4, 0.5) is 5.69 Å². The molecule has 0 aliphatic heterocycles. The molecule has 2 amide bonds. The Morgan fingerprint density at radius 2 is 1.74 bits per heavy atom. The first-order chi connectivity index (χ1) is 13.1. The maximum absolute atomic E-state index is 13.1. The molecule has 1 aromatic heterocycles. The normalized spacial score (nSPS) is 11.6. The third-order valence-corrected chi connectivity index (χ3v) is 4.44. The van der Waals surface area contributed by atoms with Gasteiger partial charge in [0.15, 0.2) is 0 Å². The number of carbonyl (C=O) groups is 2. The minimum Gasteiger partial charge on any atom is -0.469 e. The second kappa shape index (κ2) is 8.36. The fourth-order valence-corrected chi connectivity index (χ4v) is 2.94. The van der Waals surface area contributed by atoms with Crippen LogP contribution in [0.2, 0.25) is 0 Å². The van der Waals surface area contributed by atoms with Crippen molar-refractivity contribution in [1.29, 1.82) is 0 Å². The molecule has 0 radical (unpaired) electrons. The predicted octanol–water partition coefficient (Wildman–Crippen LogP) is 3.91. The molecule has 5 heteroatoms. The van der Waals surface area contributed by atoms with Gasteiger partial charge in [-0.2, -0.15) is 0 Å². The summed E-state index contributed by atoms with van der Waals surface area (Å²) in [6.07, 6.45) is 2.03. The number of hydrogen-bond donors (Lipinski definition) is 2. The van der Waals surface area contributed by atoms with Crippen LogP contribution >= 0.6 is 0 Å². The number of carbonyl (C=O) groups excluding carboxylic acids is 2. The number of aryl methyl sites for hydroxylation is 1. The smallest absolute Gasteiger partial charge is 0.253 e. The highest BCUT2D eigenvalue weighted by Gasteiger charge is 2.24. The number of nitrogens with one attached hydrogen (secondary N) is 2. The lowest BCUT2D eigenvalue weighted by Gasteiger charge is -2.18. The van der Waals surface area contributed by atoms with E-state index in [1.807, 2.05) is 37.3 Å². The maximum Gasteiger partial charge on any atom is 0.253 e. The van der Waals surface area contributed by atoms with Gasteiger partial charge in [0, 0.05) is 13.5 Å². The first-order valence-electron chi connectivity index (χ1n) is 8.79. The molecule has 0 fully saturated rings. The van der Waals surface area contributed by atoms with Crippen LogP contribution in [0.1, 0.15) is 33.2 Å². The third kappa shape index (κ3) is 4.44. The molecule has 0 aliphatic carbocycles. The topological polar surface area (TPSA) is 71.3 Å². The summed E-state index contributed by atoms with van der Waals surface area (Å²) in [5.74, 6) is -0.139. The maximum atomic E-state index is 13.1. The molecule has 1 atom stereocenters. The Kier molecular flexibility index (Phi) is 5.71. The first-order valence-corrected chi connectivity index (χ1v) is 8.79. The van der Waals surface area contributed by atoms with E-state index in [4.69, 9.17) is 4.42 Å². The average Bonchev–Trinajstić information content (AvgIpc) is 3.20. The molecule has 27 heavy (non-hydrogen) atoms. The van der Waals surface area contributed by atoms with Gasteiger partial charge in [-0.15, -0.1) is 0 Å². The van der Waals surface area contributed by atoms with E-state index >= 15 is 0 Å². The molecule has 0 saturated carbocycles. The number of para-hydroxylation sites is 1. The van der Waals surface area contributed by atoms with Crippen molar-refractivity contribution in [2.24, 2.45) is 0 Å². The highest BCUT2D eigenvalue weighted by Crippen LogP contribution is 2.25. The van der Waals surface area contributed by atoms with Crippen molar-refractivity contribution in [2.45, 2.75) is 19.3 Å². The number of hydrogen-bond acceptors (Lipinski definition) is 3. The second-order valence-corrected chi connectivity index (χ2v) is 6.36. The summed E-state index contributed by atoms with van der Waals surface area (Å²) in [6, 6.07) is 18.5. The minimum absolute atomic E-state index is 0.188. The van der Waals surface area contributed by atoms with Gasteiger partial charge in [-0.25, -0.2) is 0 Å². The molecule has 0 bridgehead atoms. The van der Waals surface area contributed by atoms with Crippen LogP contribution in [-0.2, 0) is 11.2 Å². The molecule has 2 N–H and O–H groups in total.